The maximum absolute atomic E-state index is 13.7. The first-order valence-corrected chi connectivity index (χ1v) is 11.9. The van der Waals surface area contributed by atoms with Gasteiger partial charge in [-0.2, -0.15) is 0 Å². The number of amides is 1. The van der Waals surface area contributed by atoms with Crippen LogP contribution in [-0.2, 0) is 6.42 Å². The Kier molecular flexibility index (Phi) is 6.51. The zero-order chi connectivity index (χ0) is 22.8. The Morgan fingerprint density at radius 1 is 1.16 bits per heavy atom. The van der Waals surface area contributed by atoms with Crippen molar-refractivity contribution in [2.45, 2.75) is 40.0 Å². The lowest BCUT2D eigenvalue weighted by molar-refractivity contribution is 0.0745. The lowest BCUT2D eigenvalue weighted by Gasteiger charge is -2.23. The minimum Gasteiger partial charge on any atom is -0.504 e. The van der Waals surface area contributed by atoms with Crippen molar-refractivity contribution in [2.24, 2.45) is 5.92 Å². The maximum Gasteiger partial charge on any atom is 0.274 e. The third kappa shape index (κ3) is 4.96. The molecule has 5 nitrogen and oxygen atoms in total. The van der Waals surface area contributed by atoms with Gasteiger partial charge < -0.3 is 14.7 Å². The Labute approximate surface area is 193 Å². The molecule has 4 rings (SSSR count). The predicted molar refractivity (Wildman–Crippen MR) is 129 cm³/mol. The molecule has 1 amide bonds. The first-order chi connectivity index (χ1) is 15.4. The van der Waals surface area contributed by atoms with Crippen LogP contribution in [0.25, 0.3) is 10.4 Å². The molecule has 1 fully saturated rings. The number of thiazole rings is 1. The second-order valence-electron chi connectivity index (χ2n) is 8.66. The Hall–Kier alpha value is -2.86. The van der Waals surface area contributed by atoms with Gasteiger partial charge in [-0.3, -0.25) is 4.79 Å². The number of benzene rings is 2. The van der Waals surface area contributed by atoms with E-state index >= 15 is 0 Å². The number of nitrogens with zero attached hydrogens (tertiary/aromatic N) is 2. The summed E-state index contributed by atoms with van der Waals surface area (Å²) in [5, 5.41) is 10.8. The van der Waals surface area contributed by atoms with Crippen molar-refractivity contribution < 1.29 is 14.6 Å². The standard InChI is InChI=1S/C26H30N2O3S/c1-16-5-9-21(13-17(16)2)25-24(27-18(3)32-25)26(30)28(15-20-6-7-20)12-11-19-8-10-22(29)23(14-19)31-4/h5,8-10,13-14,20,29H,6-7,11-12,15H2,1-4H3. The van der Waals surface area contributed by atoms with Gasteiger partial charge in [0.2, 0.25) is 0 Å². The molecule has 3 aromatic rings. The fraction of sp³-hybridized carbons (Fsp3) is 0.385. The number of carbonyl (C=O) groups excluding carboxylic acids is 1. The Morgan fingerprint density at radius 3 is 2.62 bits per heavy atom. The van der Waals surface area contributed by atoms with Gasteiger partial charge in [0.05, 0.1) is 17.0 Å². The van der Waals surface area contributed by atoms with Crippen LogP contribution in [0.1, 0.15) is 45.0 Å². The molecule has 32 heavy (non-hydrogen) atoms. The van der Waals surface area contributed by atoms with Crippen LogP contribution < -0.4 is 4.74 Å². The summed E-state index contributed by atoms with van der Waals surface area (Å²) in [4.78, 5) is 21.2. The van der Waals surface area contributed by atoms with Gasteiger partial charge in [-0.25, -0.2) is 4.98 Å². The highest BCUT2D eigenvalue weighted by atomic mass is 32.1. The van der Waals surface area contributed by atoms with Crippen molar-refractivity contribution in [1.29, 1.82) is 0 Å². The molecule has 1 heterocycles. The highest BCUT2D eigenvalue weighted by Gasteiger charge is 2.30. The molecule has 168 valence electrons. The average molecular weight is 451 g/mol. The molecule has 0 unspecified atom stereocenters. The van der Waals surface area contributed by atoms with Gasteiger partial charge in [0.1, 0.15) is 5.69 Å². The SMILES string of the molecule is COc1cc(CCN(CC2CC2)C(=O)c2nc(C)sc2-c2ccc(C)c(C)c2)ccc1O. The van der Waals surface area contributed by atoms with E-state index in [4.69, 9.17) is 4.74 Å². The molecule has 0 radical (unpaired) electrons. The van der Waals surface area contributed by atoms with E-state index in [1.807, 2.05) is 24.0 Å². The number of methoxy groups -OCH3 is 1. The second kappa shape index (κ2) is 9.33. The van der Waals surface area contributed by atoms with Gasteiger partial charge in [-0.05, 0) is 80.3 Å². The molecule has 0 bridgehead atoms. The first-order valence-electron chi connectivity index (χ1n) is 11.1. The summed E-state index contributed by atoms with van der Waals surface area (Å²) >= 11 is 1.58. The number of carbonyl (C=O) groups is 1. The van der Waals surface area contributed by atoms with E-state index in [2.05, 4.69) is 37.0 Å². The molecule has 6 heteroatoms. The van der Waals surface area contributed by atoms with E-state index in [1.165, 1.54) is 24.0 Å². The molecular weight excluding hydrogens is 420 g/mol. The molecule has 1 aromatic heterocycles. The third-order valence-corrected chi connectivity index (χ3v) is 7.10. The molecule has 2 aromatic carbocycles. The minimum atomic E-state index is 0.000205. The van der Waals surface area contributed by atoms with Crippen molar-refractivity contribution in [2.75, 3.05) is 20.2 Å². The van der Waals surface area contributed by atoms with Crippen molar-refractivity contribution in [3.63, 3.8) is 0 Å². The monoisotopic (exact) mass is 450 g/mol. The van der Waals surface area contributed by atoms with Crippen LogP contribution in [0.5, 0.6) is 11.5 Å². The quantitative estimate of drug-likeness (QED) is 0.489. The van der Waals surface area contributed by atoms with Crippen LogP contribution in [0, 0.1) is 26.7 Å². The van der Waals surface area contributed by atoms with Gasteiger partial charge in [0.15, 0.2) is 11.5 Å². The van der Waals surface area contributed by atoms with E-state index in [0.29, 0.717) is 30.3 Å². The van der Waals surface area contributed by atoms with Gasteiger partial charge in [0, 0.05) is 13.1 Å². The number of phenols is 1. The number of phenolic OH excluding ortho intramolecular Hbond substituents is 1. The fourth-order valence-electron chi connectivity index (χ4n) is 3.83. The molecule has 1 aliphatic carbocycles. The van der Waals surface area contributed by atoms with E-state index in [9.17, 15) is 9.90 Å². The molecule has 1 N–H and O–H groups in total. The zero-order valence-electron chi connectivity index (χ0n) is 19.1. The van der Waals surface area contributed by atoms with E-state index in [1.54, 1.807) is 24.5 Å². The third-order valence-electron chi connectivity index (χ3n) is 6.08. The molecular formula is C26H30N2O3S. The number of ether oxygens (including phenoxy) is 1. The average Bonchev–Trinajstić information content (AvgIpc) is 3.52. The van der Waals surface area contributed by atoms with Gasteiger partial charge in [-0.1, -0.05) is 24.3 Å². The van der Waals surface area contributed by atoms with E-state index in [0.717, 1.165) is 27.6 Å². The number of hydrogen-bond donors (Lipinski definition) is 1. The van der Waals surface area contributed by atoms with Crippen molar-refractivity contribution in [3.8, 4) is 21.9 Å². The number of aromatic hydroxyl groups is 1. The molecule has 0 spiro atoms. The second-order valence-corrected chi connectivity index (χ2v) is 9.86. The predicted octanol–water partition coefficient (Wildman–Crippen LogP) is 5.54. The minimum absolute atomic E-state index is 0.000205. The smallest absolute Gasteiger partial charge is 0.274 e. The summed E-state index contributed by atoms with van der Waals surface area (Å²) < 4.78 is 5.23. The summed E-state index contributed by atoms with van der Waals surface area (Å²) in [5.74, 6) is 1.16. The largest absolute Gasteiger partial charge is 0.504 e. The number of rotatable bonds is 8. The lowest BCUT2D eigenvalue weighted by Crippen LogP contribution is -2.35. The highest BCUT2D eigenvalue weighted by Crippen LogP contribution is 2.34. The molecule has 1 saturated carbocycles. The van der Waals surface area contributed by atoms with Crippen LogP contribution in [-0.4, -0.2) is 41.1 Å². The number of hydrogen-bond acceptors (Lipinski definition) is 5. The van der Waals surface area contributed by atoms with Gasteiger partial charge in [0.25, 0.3) is 5.91 Å². The maximum atomic E-state index is 13.7. The van der Waals surface area contributed by atoms with Crippen LogP contribution >= 0.6 is 11.3 Å². The van der Waals surface area contributed by atoms with Crippen molar-refractivity contribution >= 4 is 17.2 Å². The summed E-state index contributed by atoms with van der Waals surface area (Å²) in [6.07, 6.45) is 3.05. The normalized spacial score (nSPS) is 13.2. The van der Waals surface area contributed by atoms with Crippen molar-refractivity contribution in [1.82, 2.24) is 9.88 Å². The summed E-state index contributed by atoms with van der Waals surface area (Å²) in [7, 11) is 1.54. The van der Waals surface area contributed by atoms with Crippen LogP contribution in [0.15, 0.2) is 36.4 Å². The zero-order valence-corrected chi connectivity index (χ0v) is 20.0. The van der Waals surface area contributed by atoms with Crippen molar-refractivity contribution in [3.05, 3.63) is 63.8 Å². The molecule has 1 aliphatic rings. The first kappa shape index (κ1) is 22.3. The Morgan fingerprint density at radius 2 is 1.94 bits per heavy atom. The van der Waals surface area contributed by atoms with E-state index < -0.39 is 0 Å². The fourth-order valence-corrected chi connectivity index (χ4v) is 4.74. The Balaban J connectivity index is 1.59. The van der Waals surface area contributed by atoms with Crippen LogP contribution in [0.4, 0.5) is 0 Å². The summed E-state index contributed by atoms with van der Waals surface area (Å²) in [6.45, 7) is 7.52. The topological polar surface area (TPSA) is 62.7 Å². The molecule has 0 atom stereocenters. The number of aryl methyl sites for hydroxylation is 3. The highest BCUT2D eigenvalue weighted by molar-refractivity contribution is 7.15. The van der Waals surface area contributed by atoms with Crippen LogP contribution in [0.3, 0.4) is 0 Å². The molecule has 0 aliphatic heterocycles. The number of aromatic nitrogens is 1. The lowest BCUT2D eigenvalue weighted by atomic mass is 10.0. The van der Waals surface area contributed by atoms with E-state index in [-0.39, 0.29) is 11.7 Å². The summed E-state index contributed by atoms with van der Waals surface area (Å²) in [6, 6.07) is 11.7. The Bertz CT molecular complexity index is 1130. The van der Waals surface area contributed by atoms with Gasteiger partial charge in [-0.15, -0.1) is 11.3 Å². The summed E-state index contributed by atoms with van der Waals surface area (Å²) in [5.41, 5.74) is 5.08. The van der Waals surface area contributed by atoms with Crippen LogP contribution in [0.2, 0.25) is 0 Å². The van der Waals surface area contributed by atoms with Gasteiger partial charge >= 0.3 is 0 Å². The molecule has 0 saturated heterocycles.